The van der Waals surface area contributed by atoms with Crippen LogP contribution in [-0.2, 0) is 9.59 Å². The van der Waals surface area contributed by atoms with Crippen molar-refractivity contribution in [1.82, 2.24) is 25.4 Å². The minimum atomic E-state index is -0.600. The molecule has 3 N–H and O–H groups in total. The van der Waals surface area contributed by atoms with Crippen LogP contribution in [0.1, 0.15) is 76.5 Å². The predicted octanol–water partition coefficient (Wildman–Crippen LogP) is 2.53. The Morgan fingerprint density at radius 1 is 1.16 bits per heavy atom. The second kappa shape index (κ2) is 12.8. The Balaban J connectivity index is 2.92. The highest BCUT2D eigenvalue weighted by Gasteiger charge is 2.24. The smallest absolute Gasteiger partial charge is 0.273 e. The van der Waals surface area contributed by atoms with E-state index in [2.05, 4.69) is 20.8 Å². The molecular formula is C21H36N6O4. The van der Waals surface area contributed by atoms with Gasteiger partial charge in [0.1, 0.15) is 5.69 Å². The molecule has 0 fully saturated rings. The molecule has 10 heteroatoms. The van der Waals surface area contributed by atoms with E-state index in [-0.39, 0.29) is 42.6 Å². The minimum absolute atomic E-state index is 0.00186. The lowest BCUT2D eigenvalue weighted by Crippen LogP contribution is -2.43. The summed E-state index contributed by atoms with van der Waals surface area (Å²) in [5.74, 6) is -1.13. The van der Waals surface area contributed by atoms with Gasteiger partial charge in [-0.05, 0) is 47.1 Å². The number of nitrogens with one attached hydrogen (secondary N) is 2. The van der Waals surface area contributed by atoms with E-state index in [1.54, 1.807) is 17.9 Å². The number of unbranched alkanes of at least 4 members (excludes halogenated alkanes) is 2. The number of carbonyl (C=O) groups is 3. The number of hydrogen-bond acceptors (Lipinski definition) is 7. The van der Waals surface area contributed by atoms with Gasteiger partial charge in [-0.3, -0.25) is 30.4 Å². The van der Waals surface area contributed by atoms with E-state index in [1.165, 1.54) is 0 Å². The largest absolute Gasteiger partial charge is 0.332 e. The van der Waals surface area contributed by atoms with Crippen molar-refractivity contribution in [3.8, 4) is 0 Å². The number of carbonyl (C=O) groups excluding carboxylic acids is 3. The standard InChI is InChI=1S/C21H36N6O4/c1-7-8-9-10-17(12-26(31)13-28)19(29)24-25-21-22-16(6)11-18(23-21)20(30)27(14(2)3)15(4)5/h11,13-15,17,31H,7-10,12H2,1-6H3,(H,24,29)(H,22,23,25)/t17-/m1/s1. The minimum Gasteiger partial charge on any atom is -0.332 e. The van der Waals surface area contributed by atoms with Crippen molar-refractivity contribution in [2.45, 2.75) is 79.3 Å². The van der Waals surface area contributed by atoms with Crippen LogP contribution in [0, 0.1) is 12.8 Å². The Morgan fingerprint density at radius 3 is 2.35 bits per heavy atom. The highest BCUT2D eigenvalue weighted by molar-refractivity contribution is 5.93. The lowest BCUT2D eigenvalue weighted by molar-refractivity contribution is -0.154. The van der Waals surface area contributed by atoms with Crippen LogP contribution in [0.4, 0.5) is 5.95 Å². The third-order valence-corrected chi connectivity index (χ3v) is 4.77. The highest BCUT2D eigenvalue weighted by atomic mass is 16.5. The van der Waals surface area contributed by atoms with Gasteiger partial charge in [-0.2, -0.15) is 0 Å². The highest BCUT2D eigenvalue weighted by Crippen LogP contribution is 2.14. The number of hydroxylamine groups is 2. The van der Waals surface area contributed by atoms with Crippen LogP contribution in [0.15, 0.2) is 6.07 Å². The predicted molar refractivity (Wildman–Crippen MR) is 117 cm³/mol. The molecule has 0 bridgehead atoms. The van der Waals surface area contributed by atoms with Gasteiger partial charge in [0.2, 0.25) is 18.3 Å². The van der Waals surface area contributed by atoms with Gasteiger partial charge in [0.25, 0.3) is 5.91 Å². The number of aromatic nitrogens is 2. The van der Waals surface area contributed by atoms with Gasteiger partial charge in [-0.25, -0.2) is 15.0 Å². The van der Waals surface area contributed by atoms with Gasteiger partial charge < -0.3 is 4.90 Å². The second-order valence-corrected chi connectivity index (χ2v) is 8.15. The molecule has 0 aliphatic rings. The van der Waals surface area contributed by atoms with E-state index in [0.717, 1.165) is 19.3 Å². The van der Waals surface area contributed by atoms with Crippen molar-refractivity contribution in [2.24, 2.45) is 5.92 Å². The number of nitrogens with zero attached hydrogens (tertiary/aromatic N) is 4. The molecule has 1 rings (SSSR count). The van der Waals surface area contributed by atoms with E-state index in [9.17, 15) is 19.6 Å². The number of hydrogen-bond donors (Lipinski definition) is 3. The Hall–Kier alpha value is -2.75. The monoisotopic (exact) mass is 436 g/mol. The average Bonchev–Trinajstić information content (AvgIpc) is 2.70. The molecule has 3 amide bonds. The summed E-state index contributed by atoms with van der Waals surface area (Å²) in [7, 11) is 0. The molecule has 0 aliphatic heterocycles. The number of anilines is 1. The summed E-state index contributed by atoms with van der Waals surface area (Å²) in [5, 5.41) is 9.95. The molecule has 31 heavy (non-hydrogen) atoms. The molecule has 1 heterocycles. The fourth-order valence-electron chi connectivity index (χ4n) is 3.37. The van der Waals surface area contributed by atoms with Crippen LogP contribution < -0.4 is 10.9 Å². The SMILES string of the molecule is CCCCC[C@H](CN(O)C=O)C(=O)NNc1nc(C)cc(C(=O)N(C(C)C)C(C)C)n1. The number of amides is 3. The lowest BCUT2D eigenvalue weighted by atomic mass is 10.0. The molecule has 0 aliphatic carbocycles. The van der Waals surface area contributed by atoms with Gasteiger partial charge in [0.05, 0.1) is 12.5 Å². The molecule has 0 spiro atoms. The van der Waals surface area contributed by atoms with Crippen LogP contribution in [0.25, 0.3) is 0 Å². The third kappa shape index (κ3) is 8.49. The van der Waals surface area contributed by atoms with Crippen LogP contribution in [0.2, 0.25) is 0 Å². The summed E-state index contributed by atoms with van der Waals surface area (Å²) in [6, 6.07) is 1.61. The average molecular weight is 437 g/mol. The molecule has 1 aromatic heterocycles. The van der Waals surface area contributed by atoms with Crippen molar-refractivity contribution < 1.29 is 19.6 Å². The molecule has 0 aromatic carbocycles. The van der Waals surface area contributed by atoms with Crippen molar-refractivity contribution in [2.75, 3.05) is 12.0 Å². The van der Waals surface area contributed by atoms with Gasteiger partial charge >= 0.3 is 0 Å². The summed E-state index contributed by atoms with van der Waals surface area (Å²) in [5.41, 5.74) is 5.99. The fraction of sp³-hybridized carbons (Fsp3) is 0.667. The Morgan fingerprint density at radius 2 is 1.81 bits per heavy atom. The van der Waals surface area contributed by atoms with E-state index in [1.807, 2.05) is 34.6 Å². The van der Waals surface area contributed by atoms with E-state index < -0.39 is 11.8 Å². The molecule has 0 saturated heterocycles. The first-order valence-electron chi connectivity index (χ1n) is 10.8. The maximum Gasteiger partial charge on any atom is 0.273 e. The van der Waals surface area contributed by atoms with Crippen molar-refractivity contribution in [3.63, 3.8) is 0 Å². The van der Waals surface area contributed by atoms with Gasteiger partial charge in [-0.15, -0.1) is 0 Å². The zero-order valence-corrected chi connectivity index (χ0v) is 19.4. The first-order chi connectivity index (χ1) is 14.6. The molecule has 0 saturated carbocycles. The van der Waals surface area contributed by atoms with Crippen molar-refractivity contribution in [3.05, 3.63) is 17.5 Å². The third-order valence-electron chi connectivity index (χ3n) is 4.77. The van der Waals surface area contributed by atoms with Crippen LogP contribution in [-0.4, -0.2) is 62.0 Å². The van der Waals surface area contributed by atoms with Crippen LogP contribution in [0.3, 0.4) is 0 Å². The van der Waals surface area contributed by atoms with E-state index in [4.69, 9.17) is 0 Å². The van der Waals surface area contributed by atoms with Gasteiger partial charge in [0, 0.05) is 17.8 Å². The number of hydrazine groups is 1. The molecular weight excluding hydrogens is 400 g/mol. The number of aryl methyl sites for hydroxylation is 1. The van der Waals surface area contributed by atoms with Crippen molar-refractivity contribution >= 4 is 24.2 Å². The molecule has 0 unspecified atom stereocenters. The van der Waals surface area contributed by atoms with Gasteiger partial charge in [0.15, 0.2) is 0 Å². The lowest BCUT2D eigenvalue weighted by Gasteiger charge is -2.30. The molecule has 174 valence electrons. The summed E-state index contributed by atoms with van der Waals surface area (Å²) in [6.07, 6.45) is 3.51. The first kappa shape index (κ1) is 26.3. The summed E-state index contributed by atoms with van der Waals surface area (Å²) >= 11 is 0. The Kier molecular flexibility index (Phi) is 10.9. The van der Waals surface area contributed by atoms with Gasteiger partial charge in [-0.1, -0.05) is 26.2 Å². The molecule has 10 nitrogen and oxygen atoms in total. The molecule has 1 aromatic rings. The van der Waals surface area contributed by atoms with Crippen molar-refractivity contribution in [1.29, 1.82) is 0 Å². The fourth-order valence-corrected chi connectivity index (χ4v) is 3.37. The van der Waals surface area contributed by atoms with E-state index in [0.29, 0.717) is 17.2 Å². The first-order valence-corrected chi connectivity index (χ1v) is 10.8. The molecule has 0 radical (unpaired) electrons. The number of rotatable bonds is 13. The topological polar surface area (TPSA) is 128 Å². The summed E-state index contributed by atoms with van der Waals surface area (Å²) in [4.78, 5) is 46.5. The maximum absolute atomic E-state index is 12.9. The van der Waals surface area contributed by atoms with Crippen LogP contribution >= 0.6 is 0 Å². The quantitative estimate of drug-likeness (QED) is 0.188. The zero-order chi connectivity index (χ0) is 23.6. The van der Waals surface area contributed by atoms with E-state index >= 15 is 0 Å². The zero-order valence-electron chi connectivity index (χ0n) is 19.4. The Labute approximate surface area is 184 Å². The normalized spacial score (nSPS) is 11.9. The second-order valence-electron chi connectivity index (χ2n) is 8.15. The maximum atomic E-state index is 12.9. The van der Waals surface area contributed by atoms with Crippen LogP contribution in [0.5, 0.6) is 0 Å². The summed E-state index contributed by atoms with van der Waals surface area (Å²) < 4.78 is 0. The molecule has 1 atom stereocenters. The Bertz CT molecular complexity index is 733. The summed E-state index contributed by atoms with van der Waals surface area (Å²) in [6.45, 7) is 11.4.